The number of benzene rings is 2. The largest absolute Gasteiger partial charge is 0.497 e. The van der Waals surface area contributed by atoms with Crippen molar-refractivity contribution < 1.29 is 4.74 Å². The van der Waals surface area contributed by atoms with Crippen LogP contribution in [0, 0.1) is 0 Å². The number of anilines is 1. The van der Waals surface area contributed by atoms with E-state index in [1.165, 1.54) is 5.56 Å². The summed E-state index contributed by atoms with van der Waals surface area (Å²) in [5.41, 5.74) is 2.27. The highest BCUT2D eigenvalue weighted by Crippen LogP contribution is 2.22. The molecule has 0 aliphatic heterocycles. The molecule has 0 bridgehead atoms. The van der Waals surface area contributed by atoms with Crippen molar-refractivity contribution in [2.75, 3.05) is 12.4 Å². The Morgan fingerprint density at radius 1 is 1.00 bits per heavy atom. The lowest BCUT2D eigenvalue weighted by atomic mass is 10.1. The SMILES string of the molecule is COc1ccc(N[C@@H](C)c2ccc(Cl)cc2)cc1. The minimum absolute atomic E-state index is 0.232. The normalized spacial score (nSPS) is 11.9. The summed E-state index contributed by atoms with van der Waals surface area (Å²) in [5.74, 6) is 0.861. The Hall–Kier alpha value is -1.67. The maximum atomic E-state index is 5.88. The van der Waals surface area contributed by atoms with E-state index in [2.05, 4.69) is 12.2 Å². The zero-order valence-corrected chi connectivity index (χ0v) is 11.2. The van der Waals surface area contributed by atoms with E-state index in [0.717, 1.165) is 16.5 Å². The standard InChI is InChI=1S/C15H16ClNO/c1-11(12-3-5-13(16)6-4-12)17-14-7-9-15(18-2)10-8-14/h3-11,17H,1-2H3/t11-/m0/s1. The molecule has 0 radical (unpaired) electrons. The van der Waals surface area contributed by atoms with Gasteiger partial charge in [0.25, 0.3) is 0 Å². The van der Waals surface area contributed by atoms with Gasteiger partial charge in [-0.05, 0) is 48.9 Å². The van der Waals surface area contributed by atoms with Crippen LogP contribution in [0.3, 0.4) is 0 Å². The molecule has 0 amide bonds. The lowest BCUT2D eigenvalue weighted by Gasteiger charge is -2.16. The van der Waals surface area contributed by atoms with Crippen LogP contribution in [-0.4, -0.2) is 7.11 Å². The fourth-order valence-electron chi connectivity index (χ4n) is 1.77. The van der Waals surface area contributed by atoms with Crippen LogP contribution < -0.4 is 10.1 Å². The van der Waals surface area contributed by atoms with Gasteiger partial charge < -0.3 is 10.1 Å². The number of ether oxygens (including phenoxy) is 1. The Bertz CT molecular complexity index is 493. The average Bonchev–Trinajstić information content (AvgIpc) is 2.40. The molecule has 94 valence electrons. The third-order valence-electron chi connectivity index (χ3n) is 2.84. The van der Waals surface area contributed by atoms with Crippen LogP contribution >= 0.6 is 11.6 Å². The van der Waals surface area contributed by atoms with Crippen LogP contribution in [-0.2, 0) is 0 Å². The zero-order chi connectivity index (χ0) is 13.0. The molecule has 0 unspecified atom stereocenters. The minimum atomic E-state index is 0.232. The van der Waals surface area contributed by atoms with E-state index in [1.54, 1.807) is 7.11 Å². The van der Waals surface area contributed by atoms with E-state index in [4.69, 9.17) is 16.3 Å². The van der Waals surface area contributed by atoms with E-state index in [0.29, 0.717) is 0 Å². The van der Waals surface area contributed by atoms with Gasteiger partial charge in [0, 0.05) is 16.8 Å². The van der Waals surface area contributed by atoms with Crippen LogP contribution in [0.25, 0.3) is 0 Å². The molecule has 2 aromatic carbocycles. The predicted octanol–water partition coefficient (Wildman–Crippen LogP) is 4.52. The smallest absolute Gasteiger partial charge is 0.119 e. The average molecular weight is 262 g/mol. The van der Waals surface area contributed by atoms with Crippen LogP contribution in [0.2, 0.25) is 5.02 Å². The van der Waals surface area contributed by atoms with Crippen molar-refractivity contribution in [2.24, 2.45) is 0 Å². The Morgan fingerprint density at radius 2 is 1.61 bits per heavy atom. The van der Waals surface area contributed by atoms with Gasteiger partial charge in [-0.2, -0.15) is 0 Å². The molecular weight excluding hydrogens is 246 g/mol. The maximum absolute atomic E-state index is 5.88. The highest BCUT2D eigenvalue weighted by molar-refractivity contribution is 6.30. The number of hydrogen-bond donors (Lipinski definition) is 1. The second-order valence-electron chi connectivity index (χ2n) is 4.15. The van der Waals surface area contributed by atoms with Crippen LogP contribution in [0.4, 0.5) is 5.69 Å². The van der Waals surface area contributed by atoms with E-state index >= 15 is 0 Å². The first-order valence-corrected chi connectivity index (χ1v) is 6.23. The molecule has 0 saturated carbocycles. The van der Waals surface area contributed by atoms with Crippen LogP contribution in [0.15, 0.2) is 48.5 Å². The lowest BCUT2D eigenvalue weighted by Crippen LogP contribution is -2.06. The Balaban J connectivity index is 2.05. The molecule has 0 saturated heterocycles. The van der Waals surface area contributed by atoms with E-state index in [1.807, 2.05) is 48.5 Å². The van der Waals surface area contributed by atoms with Gasteiger partial charge in [-0.3, -0.25) is 0 Å². The molecular formula is C15H16ClNO. The van der Waals surface area contributed by atoms with Gasteiger partial charge in [0.05, 0.1) is 7.11 Å². The number of methoxy groups -OCH3 is 1. The summed E-state index contributed by atoms with van der Waals surface area (Å²) in [6.45, 7) is 2.12. The number of nitrogens with one attached hydrogen (secondary N) is 1. The predicted molar refractivity (Wildman–Crippen MR) is 76.5 cm³/mol. The monoisotopic (exact) mass is 261 g/mol. The molecule has 1 N–H and O–H groups in total. The summed E-state index contributed by atoms with van der Waals surface area (Å²) in [6.07, 6.45) is 0. The van der Waals surface area contributed by atoms with Crippen LogP contribution in [0.1, 0.15) is 18.5 Å². The fraction of sp³-hybridized carbons (Fsp3) is 0.200. The molecule has 1 atom stereocenters. The summed E-state index contributed by atoms with van der Waals surface area (Å²) in [5, 5.41) is 4.19. The summed E-state index contributed by atoms with van der Waals surface area (Å²) >= 11 is 5.88. The molecule has 0 spiro atoms. The number of halogens is 1. The van der Waals surface area contributed by atoms with E-state index in [9.17, 15) is 0 Å². The summed E-state index contributed by atoms with van der Waals surface area (Å²) in [4.78, 5) is 0. The lowest BCUT2D eigenvalue weighted by molar-refractivity contribution is 0.415. The Morgan fingerprint density at radius 3 is 2.17 bits per heavy atom. The molecule has 0 fully saturated rings. The molecule has 3 heteroatoms. The van der Waals surface area contributed by atoms with Gasteiger partial charge in [0.15, 0.2) is 0 Å². The summed E-state index contributed by atoms with van der Waals surface area (Å²) < 4.78 is 5.13. The Kier molecular flexibility index (Phi) is 4.11. The number of hydrogen-bond acceptors (Lipinski definition) is 2. The quantitative estimate of drug-likeness (QED) is 0.874. The van der Waals surface area contributed by atoms with Crippen molar-refractivity contribution in [3.8, 4) is 5.75 Å². The topological polar surface area (TPSA) is 21.3 Å². The molecule has 18 heavy (non-hydrogen) atoms. The molecule has 2 nitrogen and oxygen atoms in total. The van der Waals surface area contributed by atoms with Gasteiger partial charge >= 0.3 is 0 Å². The van der Waals surface area contributed by atoms with Crippen LogP contribution in [0.5, 0.6) is 5.75 Å². The second-order valence-corrected chi connectivity index (χ2v) is 4.58. The summed E-state index contributed by atoms with van der Waals surface area (Å²) in [7, 11) is 1.67. The van der Waals surface area contributed by atoms with E-state index in [-0.39, 0.29) is 6.04 Å². The van der Waals surface area contributed by atoms with Crippen molar-refractivity contribution in [1.29, 1.82) is 0 Å². The van der Waals surface area contributed by atoms with Crippen molar-refractivity contribution in [2.45, 2.75) is 13.0 Å². The van der Waals surface area contributed by atoms with Crippen molar-refractivity contribution >= 4 is 17.3 Å². The third-order valence-corrected chi connectivity index (χ3v) is 3.10. The first kappa shape index (κ1) is 12.8. The van der Waals surface area contributed by atoms with Gasteiger partial charge in [-0.25, -0.2) is 0 Å². The van der Waals surface area contributed by atoms with Gasteiger partial charge in [-0.15, -0.1) is 0 Å². The molecule has 2 aromatic rings. The van der Waals surface area contributed by atoms with Crippen molar-refractivity contribution in [3.63, 3.8) is 0 Å². The minimum Gasteiger partial charge on any atom is -0.497 e. The fourth-order valence-corrected chi connectivity index (χ4v) is 1.90. The first-order valence-electron chi connectivity index (χ1n) is 5.85. The third kappa shape index (κ3) is 3.17. The molecule has 0 aromatic heterocycles. The van der Waals surface area contributed by atoms with Gasteiger partial charge in [0.2, 0.25) is 0 Å². The van der Waals surface area contributed by atoms with Crippen molar-refractivity contribution in [3.05, 3.63) is 59.1 Å². The highest BCUT2D eigenvalue weighted by Gasteiger charge is 2.05. The Labute approximate surface area is 113 Å². The number of rotatable bonds is 4. The van der Waals surface area contributed by atoms with E-state index < -0.39 is 0 Å². The summed E-state index contributed by atoms with van der Waals surface area (Å²) in [6, 6.07) is 16.0. The van der Waals surface area contributed by atoms with Crippen molar-refractivity contribution in [1.82, 2.24) is 0 Å². The zero-order valence-electron chi connectivity index (χ0n) is 10.5. The van der Waals surface area contributed by atoms with Gasteiger partial charge in [-0.1, -0.05) is 23.7 Å². The second kappa shape index (κ2) is 5.78. The highest BCUT2D eigenvalue weighted by atomic mass is 35.5. The maximum Gasteiger partial charge on any atom is 0.119 e. The molecule has 0 aliphatic rings. The molecule has 0 heterocycles. The molecule has 0 aliphatic carbocycles. The first-order chi connectivity index (χ1) is 8.69. The molecule has 2 rings (SSSR count). The van der Waals surface area contributed by atoms with Gasteiger partial charge in [0.1, 0.15) is 5.75 Å².